The van der Waals surface area contributed by atoms with E-state index in [0.29, 0.717) is 11.5 Å². The molecule has 0 N–H and O–H groups in total. The van der Waals surface area contributed by atoms with Crippen LogP contribution in [0, 0.1) is 10.2 Å². The van der Waals surface area contributed by atoms with Crippen molar-refractivity contribution in [2.45, 2.75) is 0 Å². The molecule has 0 spiro atoms. The first-order valence-electron chi connectivity index (χ1n) is 3.70. The average molecular weight is 321 g/mol. The summed E-state index contributed by atoms with van der Waals surface area (Å²) in [5.41, 5.74) is 0. The van der Waals surface area contributed by atoms with Crippen LogP contribution in [0.25, 0.3) is 0 Å². The van der Waals surface area contributed by atoms with Crippen LogP contribution in [-0.2, 0) is 0 Å². The van der Waals surface area contributed by atoms with Crippen LogP contribution in [0.1, 0.15) is 0 Å². The van der Waals surface area contributed by atoms with Gasteiger partial charge in [0, 0.05) is 0 Å². The topological polar surface area (TPSA) is 42.2 Å². The van der Waals surface area contributed by atoms with Crippen LogP contribution in [0.15, 0.2) is 16.6 Å². The van der Waals surface area contributed by atoms with E-state index in [1.165, 1.54) is 0 Å². The van der Waals surface area contributed by atoms with Gasteiger partial charge < -0.3 is 0 Å². The van der Waals surface area contributed by atoms with E-state index in [9.17, 15) is 0 Å². The maximum absolute atomic E-state index is 8.66. The number of methoxy groups -OCH3 is 2. The number of benzene rings is 1. The molecule has 0 aromatic heterocycles. The van der Waals surface area contributed by atoms with Crippen LogP contribution in [-0.4, -0.2) is 29.2 Å². The predicted octanol–water partition coefficient (Wildman–Crippen LogP) is 1.28. The number of hydrogen-bond acceptors (Lipinski definition) is 3. The minimum atomic E-state index is -0.248. The Balaban J connectivity index is 3.25. The second kappa shape index (κ2) is 5.25. The van der Waals surface area contributed by atoms with Crippen molar-refractivity contribution >= 4 is 35.3 Å². The summed E-state index contributed by atoms with van der Waals surface area (Å²) < 4.78 is 12.1. The monoisotopic (exact) mass is 321 g/mol. The molecule has 0 aliphatic rings. The molecule has 14 heavy (non-hydrogen) atoms. The molecule has 74 valence electrons. The van der Waals surface area contributed by atoms with E-state index in [0.717, 1.165) is 8.93 Å². The second-order valence-electron chi connectivity index (χ2n) is 2.33. The number of halogens is 1. The minimum absolute atomic E-state index is 0.248. The normalized spacial score (nSPS) is 9.29. The van der Waals surface area contributed by atoms with Crippen LogP contribution >= 0.6 is 15.9 Å². The third kappa shape index (κ3) is 2.42. The Bertz CT molecular complexity index is 376. The van der Waals surface area contributed by atoms with Gasteiger partial charge in [-0.1, -0.05) is 0 Å². The van der Waals surface area contributed by atoms with Gasteiger partial charge in [-0.2, -0.15) is 0 Å². The molecule has 0 saturated carbocycles. The van der Waals surface area contributed by atoms with Crippen molar-refractivity contribution in [1.29, 1.82) is 5.26 Å². The summed E-state index contributed by atoms with van der Waals surface area (Å²) >= 11 is 3.10. The second-order valence-corrected chi connectivity index (χ2v) is 4.98. The third-order valence-corrected chi connectivity index (χ3v) is 3.31. The van der Waals surface area contributed by atoms with Gasteiger partial charge in [0.25, 0.3) is 0 Å². The summed E-state index contributed by atoms with van der Waals surface area (Å²) in [6.07, 6.45) is 0. The van der Waals surface area contributed by atoms with E-state index in [1.54, 1.807) is 14.2 Å². The fraction of sp³-hybridized carbons (Fsp3) is 0.222. The molecule has 0 fully saturated rings. The van der Waals surface area contributed by atoms with E-state index in [1.807, 2.05) is 12.1 Å². The van der Waals surface area contributed by atoms with Crippen LogP contribution < -0.4 is 13.9 Å². The Morgan fingerprint density at radius 3 is 2.57 bits per heavy atom. The number of hydrogen-bond donors (Lipinski definition) is 0. The first kappa shape index (κ1) is 11.4. The maximum atomic E-state index is 8.66. The third-order valence-electron chi connectivity index (χ3n) is 1.57. The molecule has 0 amide bonds. The van der Waals surface area contributed by atoms with Crippen molar-refractivity contribution in [3.05, 3.63) is 16.6 Å². The molecule has 0 heterocycles. The van der Waals surface area contributed by atoms with Gasteiger partial charge in [-0.05, 0) is 0 Å². The Kier molecular flexibility index (Phi) is 4.27. The molecule has 0 aliphatic carbocycles. The van der Waals surface area contributed by atoms with Gasteiger partial charge in [-0.15, -0.1) is 0 Å². The predicted molar refractivity (Wildman–Crippen MR) is 58.2 cm³/mol. The summed E-state index contributed by atoms with van der Waals surface area (Å²) in [7, 11) is 3.15. The van der Waals surface area contributed by atoms with E-state index in [4.69, 9.17) is 14.7 Å². The Morgan fingerprint density at radius 2 is 2.07 bits per heavy atom. The van der Waals surface area contributed by atoms with E-state index >= 15 is 0 Å². The fourth-order valence-corrected chi connectivity index (χ4v) is 2.98. The van der Waals surface area contributed by atoms with Gasteiger partial charge in [0.1, 0.15) is 0 Å². The Morgan fingerprint density at radius 1 is 1.36 bits per heavy atom. The van der Waals surface area contributed by atoms with Gasteiger partial charge in [0.15, 0.2) is 0 Å². The standard InChI is InChI=1S/C9H8BrNO2Se/c1-12-7-3-6(10)4-8(14-5-11)9(7)13-2/h3-4H,1-2H3. The molecule has 0 saturated heterocycles. The van der Waals surface area contributed by atoms with Crippen molar-refractivity contribution in [2.24, 2.45) is 0 Å². The Labute approximate surface area is 97.3 Å². The van der Waals surface area contributed by atoms with Gasteiger partial charge in [-0.25, -0.2) is 0 Å². The van der Waals surface area contributed by atoms with E-state index < -0.39 is 0 Å². The van der Waals surface area contributed by atoms with E-state index in [2.05, 4.69) is 20.9 Å². The van der Waals surface area contributed by atoms with Crippen molar-refractivity contribution in [1.82, 2.24) is 0 Å². The summed E-state index contributed by atoms with van der Waals surface area (Å²) in [6, 6.07) is 3.69. The number of nitrogens with zero attached hydrogens (tertiary/aromatic N) is 1. The first-order valence-corrected chi connectivity index (χ1v) is 6.21. The summed E-state index contributed by atoms with van der Waals surface area (Å²) in [6.45, 7) is 0. The quantitative estimate of drug-likeness (QED) is 0.788. The van der Waals surface area contributed by atoms with Crippen molar-refractivity contribution in [3.8, 4) is 16.5 Å². The first-order chi connectivity index (χ1) is 6.72. The Hall–Kier alpha value is -0.691. The SMILES string of the molecule is COc1cc(Br)cc([Se]C#N)c1OC. The number of nitriles is 1. The zero-order chi connectivity index (χ0) is 10.6. The number of ether oxygens (including phenoxy) is 2. The van der Waals surface area contributed by atoms with Crippen molar-refractivity contribution < 1.29 is 9.47 Å². The van der Waals surface area contributed by atoms with Gasteiger partial charge in [0.2, 0.25) is 0 Å². The summed E-state index contributed by atoms with van der Waals surface area (Å²) in [4.78, 5) is 2.14. The fourth-order valence-electron chi connectivity index (χ4n) is 1.02. The van der Waals surface area contributed by atoms with Crippen LogP contribution in [0.3, 0.4) is 0 Å². The molecule has 5 heteroatoms. The van der Waals surface area contributed by atoms with Gasteiger partial charge in [-0.3, -0.25) is 0 Å². The molecule has 1 aromatic carbocycles. The number of rotatable bonds is 3. The zero-order valence-corrected chi connectivity index (χ0v) is 11.0. The van der Waals surface area contributed by atoms with Crippen LogP contribution in [0.4, 0.5) is 0 Å². The molecule has 3 nitrogen and oxygen atoms in total. The zero-order valence-electron chi connectivity index (χ0n) is 7.70. The van der Waals surface area contributed by atoms with Gasteiger partial charge >= 0.3 is 97.4 Å². The molecular weight excluding hydrogens is 313 g/mol. The molecule has 0 bridgehead atoms. The van der Waals surface area contributed by atoms with Crippen LogP contribution in [0.2, 0.25) is 0 Å². The summed E-state index contributed by atoms with van der Waals surface area (Å²) in [5.74, 6) is 1.30. The van der Waals surface area contributed by atoms with Crippen LogP contribution in [0.5, 0.6) is 11.5 Å². The average Bonchev–Trinajstić information content (AvgIpc) is 2.17. The molecule has 1 rings (SSSR count). The summed E-state index contributed by atoms with van der Waals surface area (Å²) in [5, 5.41) is 8.66. The molecule has 0 radical (unpaired) electrons. The van der Waals surface area contributed by atoms with Gasteiger partial charge in [0.05, 0.1) is 0 Å². The molecular formula is C9H8BrNO2Se. The van der Waals surface area contributed by atoms with Crippen molar-refractivity contribution in [3.63, 3.8) is 0 Å². The molecule has 0 aliphatic heterocycles. The van der Waals surface area contributed by atoms with E-state index in [-0.39, 0.29) is 15.0 Å². The molecule has 0 unspecified atom stereocenters. The molecule has 0 atom stereocenters. The molecule has 1 aromatic rings. The van der Waals surface area contributed by atoms with Crippen molar-refractivity contribution in [2.75, 3.05) is 14.2 Å².